The van der Waals surface area contributed by atoms with Crippen LogP contribution in [0.3, 0.4) is 0 Å². The Hall–Kier alpha value is -1.77. The minimum Gasteiger partial charge on any atom is -0.396 e. The standard InChI is InChI=1S/C8H7N.C3H5NO/c1-2-4-8-7(3-1)5-6-9-8;1-2-4-5-3-1/h1-6,9H;2H,1,3H2. The Labute approximate surface area is 82.4 Å². The molecule has 3 nitrogen and oxygen atoms in total. The van der Waals surface area contributed by atoms with Crippen molar-refractivity contribution in [3.8, 4) is 0 Å². The smallest absolute Gasteiger partial charge is 0.122 e. The first-order valence-electron chi connectivity index (χ1n) is 4.63. The van der Waals surface area contributed by atoms with Crippen LogP contribution < -0.4 is 0 Å². The molecule has 0 bridgehead atoms. The topological polar surface area (TPSA) is 37.4 Å². The predicted octanol–water partition coefficient (Wildman–Crippen LogP) is 2.56. The molecular weight excluding hydrogens is 176 g/mol. The lowest BCUT2D eigenvalue weighted by Gasteiger charge is -1.83. The van der Waals surface area contributed by atoms with E-state index in [1.165, 1.54) is 10.9 Å². The lowest BCUT2D eigenvalue weighted by molar-refractivity contribution is 0.174. The molecule has 0 radical (unpaired) electrons. The van der Waals surface area contributed by atoms with E-state index in [9.17, 15) is 0 Å². The van der Waals surface area contributed by atoms with Gasteiger partial charge in [-0.25, -0.2) is 0 Å². The number of nitrogens with zero attached hydrogens (tertiary/aromatic N) is 1. The Morgan fingerprint density at radius 3 is 2.79 bits per heavy atom. The maximum Gasteiger partial charge on any atom is 0.122 e. The minimum absolute atomic E-state index is 0.778. The molecule has 0 saturated heterocycles. The number of H-pyrrole nitrogens is 1. The number of rotatable bonds is 0. The molecule has 0 fully saturated rings. The van der Waals surface area contributed by atoms with Crippen molar-refractivity contribution in [3.63, 3.8) is 0 Å². The molecule has 0 aliphatic carbocycles. The van der Waals surface area contributed by atoms with Crippen LogP contribution in [0.5, 0.6) is 0 Å². The molecule has 0 unspecified atom stereocenters. The molecule has 72 valence electrons. The van der Waals surface area contributed by atoms with Gasteiger partial charge in [0.1, 0.15) is 6.61 Å². The van der Waals surface area contributed by atoms with E-state index in [1.807, 2.05) is 18.3 Å². The van der Waals surface area contributed by atoms with Crippen LogP contribution in [-0.2, 0) is 4.84 Å². The van der Waals surface area contributed by atoms with Crippen molar-refractivity contribution in [2.75, 3.05) is 6.61 Å². The lowest BCUT2D eigenvalue weighted by atomic mass is 10.3. The highest BCUT2D eigenvalue weighted by Gasteiger charge is 1.87. The fourth-order valence-electron chi connectivity index (χ4n) is 1.26. The number of benzene rings is 1. The van der Waals surface area contributed by atoms with Crippen molar-refractivity contribution in [2.24, 2.45) is 5.16 Å². The zero-order valence-corrected chi connectivity index (χ0v) is 7.81. The molecule has 1 aromatic heterocycles. The van der Waals surface area contributed by atoms with Crippen molar-refractivity contribution >= 4 is 17.1 Å². The summed E-state index contributed by atoms with van der Waals surface area (Å²) in [5.41, 5.74) is 1.21. The van der Waals surface area contributed by atoms with Crippen molar-refractivity contribution in [2.45, 2.75) is 6.42 Å². The lowest BCUT2D eigenvalue weighted by Crippen LogP contribution is -1.72. The minimum atomic E-state index is 0.778. The third kappa shape index (κ3) is 2.13. The van der Waals surface area contributed by atoms with E-state index in [0.29, 0.717) is 0 Å². The first-order chi connectivity index (χ1) is 6.97. The number of aromatic nitrogens is 1. The molecule has 3 rings (SSSR count). The largest absolute Gasteiger partial charge is 0.396 e. The third-order valence-corrected chi connectivity index (χ3v) is 1.95. The SMILES string of the molecule is C1=NOCC1.c1ccc2[nH]ccc2c1. The van der Waals surface area contributed by atoms with E-state index < -0.39 is 0 Å². The summed E-state index contributed by atoms with van der Waals surface area (Å²) in [4.78, 5) is 7.63. The molecule has 1 N–H and O–H groups in total. The quantitative estimate of drug-likeness (QED) is 0.677. The molecule has 14 heavy (non-hydrogen) atoms. The van der Waals surface area contributed by atoms with Gasteiger partial charge in [0.2, 0.25) is 0 Å². The zero-order valence-electron chi connectivity index (χ0n) is 7.81. The summed E-state index contributed by atoms with van der Waals surface area (Å²) in [5, 5.41) is 4.73. The zero-order chi connectivity index (χ0) is 9.64. The molecule has 2 aromatic rings. The fourth-order valence-corrected chi connectivity index (χ4v) is 1.26. The van der Waals surface area contributed by atoms with E-state index in [0.717, 1.165) is 13.0 Å². The second-order valence-corrected chi connectivity index (χ2v) is 2.97. The average molecular weight is 188 g/mol. The van der Waals surface area contributed by atoms with Crippen molar-refractivity contribution in [1.29, 1.82) is 0 Å². The van der Waals surface area contributed by atoms with Crippen LogP contribution in [0, 0.1) is 0 Å². The first kappa shape index (κ1) is 8.81. The monoisotopic (exact) mass is 188 g/mol. The second-order valence-electron chi connectivity index (χ2n) is 2.97. The number of fused-ring (bicyclic) bond motifs is 1. The van der Waals surface area contributed by atoms with Crippen LogP contribution in [0.1, 0.15) is 6.42 Å². The molecule has 0 saturated carbocycles. The number of hydrogen-bond donors (Lipinski definition) is 1. The van der Waals surface area contributed by atoms with Gasteiger partial charge >= 0.3 is 0 Å². The molecule has 1 aliphatic rings. The van der Waals surface area contributed by atoms with Gasteiger partial charge in [-0.3, -0.25) is 0 Å². The van der Waals surface area contributed by atoms with Gasteiger partial charge in [0, 0.05) is 24.3 Å². The Morgan fingerprint density at radius 2 is 2.14 bits per heavy atom. The summed E-state index contributed by atoms with van der Waals surface area (Å²) < 4.78 is 0. The first-order valence-corrected chi connectivity index (χ1v) is 4.63. The molecule has 1 aliphatic heterocycles. The van der Waals surface area contributed by atoms with Gasteiger partial charge < -0.3 is 9.82 Å². The summed E-state index contributed by atoms with van der Waals surface area (Å²) in [5.74, 6) is 0. The fraction of sp³-hybridized carbons (Fsp3) is 0.182. The molecule has 0 spiro atoms. The number of oxime groups is 1. The van der Waals surface area contributed by atoms with E-state index in [1.54, 1.807) is 6.21 Å². The number of nitrogens with one attached hydrogen (secondary N) is 1. The molecule has 2 heterocycles. The molecule has 3 heteroatoms. The predicted molar refractivity (Wildman–Crippen MR) is 57.4 cm³/mol. The number of para-hydroxylation sites is 1. The van der Waals surface area contributed by atoms with E-state index in [2.05, 4.69) is 33.2 Å². The maximum absolute atomic E-state index is 4.51. The number of aromatic amines is 1. The van der Waals surface area contributed by atoms with Gasteiger partial charge in [0.25, 0.3) is 0 Å². The van der Waals surface area contributed by atoms with Gasteiger partial charge in [-0.05, 0) is 17.5 Å². The van der Waals surface area contributed by atoms with Gasteiger partial charge in [0.15, 0.2) is 0 Å². The third-order valence-electron chi connectivity index (χ3n) is 1.95. The van der Waals surface area contributed by atoms with Crippen LogP contribution in [-0.4, -0.2) is 17.8 Å². The summed E-state index contributed by atoms with van der Waals surface area (Å²) in [6.07, 6.45) is 4.70. The van der Waals surface area contributed by atoms with Gasteiger partial charge in [-0.15, -0.1) is 0 Å². The highest BCUT2D eigenvalue weighted by molar-refractivity contribution is 5.78. The summed E-state index contributed by atoms with van der Waals surface area (Å²) in [6, 6.07) is 10.3. The van der Waals surface area contributed by atoms with Gasteiger partial charge in [0.05, 0.1) is 0 Å². The van der Waals surface area contributed by atoms with Crippen LogP contribution in [0.25, 0.3) is 10.9 Å². The number of hydrogen-bond acceptors (Lipinski definition) is 2. The Morgan fingerprint density at radius 1 is 1.21 bits per heavy atom. The Bertz CT molecular complexity index is 384. The van der Waals surface area contributed by atoms with E-state index in [-0.39, 0.29) is 0 Å². The summed E-state index contributed by atoms with van der Waals surface area (Å²) >= 11 is 0. The van der Waals surface area contributed by atoms with E-state index >= 15 is 0 Å². The van der Waals surface area contributed by atoms with Crippen molar-refractivity contribution in [1.82, 2.24) is 4.98 Å². The molecule has 1 aromatic carbocycles. The normalized spacial score (nSPS) is 13.4. The van der Waals surface area contributed by atoms with Crippen molar-refractivity contribution < 1.29 is 4.84 Å². The second kappa shape index (κ2) is 4.46. The molecule has 0 atom stereocenters. The summed E-state index contributed by atoms with van der Waals surface area (Å²) in [6.45, 7) is 0.778. The summed E-state index contributed by atoms with van der Waals surface area (Å²) in [7, 11) is 0. The Kier molecular flexibility index (Phi) is 2.81. The van der Waals surface area contributed by atoms with Gasteiger partial charge in [-0.2, -0.15) is 0 Å². The highest BCUT2D eigenvalue weighted by atomic mass is 16.6. The van der Waals surface area contributed by atoms with Gasteiger partial charge in [-0.1, -0.05) is 23.4 Å². The maximum atomic E-state index is 4.51. The van der Waals surface area contributed by atoms with Crippen LogP contribution >= 0.6 is 0 Å². The van der Waals surface area contributed by atoms with Crippen molar-refractivity contribution in [3.05, 3.63) is 36.5 Å². The van der Waals surface area contributed by atoms with E-state index in [4.69, 9.17) is 0 Å². The van der Waals surface area contributed by atoms with Crippen LogP contribution in [0.15, 0.2) is 41.7 Å². The molecular formula is C11H12N2O. The van der Waals surface area contributed by atoms with Crippen LogP contribution in [0.2, 0.25) is 0 Å². The Balaban J connectivity index is 0.000000128. The van der Waals surface area contributed by atoms with Crippen LogP contribution in [0.4, 0.5) is 0 Å². The highest BCUT2D eigenvalue weighted by Crippen LogP contribution is 2.09. The average Bonchev–Trinajstić information content (AvgIpc) is 2.92. The molecule has 0 amide bonds.